The normalized spacial score (nSPS) is 10.9. The third kappa shape index (κ3) is 5.23. The molecule has 3 aromatic carbocycles. The molecule has 0 aliphatic rings. The predicted octanol–water partition coefficient (Wildman–Crippen LogP) is 3.19. The summed E-state index contributed by atoms with van der Waals surface area (Å²) in [5.74, 6) is -2.58. The monoisotopic (exact) mass is 473 g/mol. The van der Waals surface area contributed by atoms with Gasteiger partial charge in [-0.2, -0.15) is 0 Å². The van der Waals surface area contributed by atoms with E-state index < -0.39 is 27.8 Å². The van der Waals surface area contributed by atoms with Crippen molar-refractivity contribution in [2.45, 2.75) is 4.90 Å². The highest BCUT2D eigenvalue weighted by atomic mass is 35.5. The summed E-state index contributed by atoms with van der Waals surface area (Å²) in [6.07, 6.45) is 0. The van der Waals surface area contributed by atoms with Crippen LogP contribution in [-0.2, 0) is 10.0 Å². The Balaban J connectivity index is 1.90. The summed E-state index contributed by atoms with van der Waals surface area (Å²) < 4.78 is 27.9. The highest BCUT2D eigenvalue weighted by molar-refractivity contribution is 7.92. The van der Waals surface area contributed by atoms with Crippen LogP contribution in [0.15, 0.2) is 71.6 Å². The van der Waals surface area contributed by atoms with Crippen LogP contribution < -0.4 is 15.8 Å². The van der Waals surface area contributed by atoms with Gasteiger partial charge in [-0.25, -0.2) is 13.2 Å². The Morgan fingerprint density at radius 1 is 0.906 bits per heavy atom. The number of sulfonamides is 1. The van der Waals surface area contributed by atoms with Gasteiger partial charge in [0.15, 0.2) is 0 Å². The van der Waals surface area contributed by atoms with Crippen LogP contribution in [0.1, 0.15) is 31.1 Å². The molecule has 0 unspecified atom stereocenters. The van der Waals surface area contributed by atoms with Crippen molar-refractivity contribution >= 4 is 50.8 Å². The fourth-order valence-electron chi connectivity index (χ4n) is 2.71. The number of halogens is 1. The van der Waals surface area contributed by atoms with E-state index in [1.54, 1.807) is 0 Å². The van der Waals surface area contributed by atoms with Gasteiger partial charge in [0.05, 0.1) is 21.7 Å². The molecule has 5 N–H and O–H groups in total. The molecule has 2 amide bonds. The average Bonchev–Trinajstić information content (AvgIpc) is 2.75. The number of benzene rings is 3. The molecule has 0 atom stereocenters. The molecule has 0 spiro atoms. The van der Waals surface area contributed by atoms with Crippen LogP contribution in [-0.4, -0.2) is 31.3 Å². The second-order valence-corrected chi connectivity index (χ2v) is 8.64. The first-order chi connectivity index (χ1) is 15.1. The maximum Gasteiger partial charge on any atom is 0.335 e. The summed E-state index contributed by atoms with van der Waals surface area (Å²) in [6, 6.07) is 14.5. The molecule has 0 fully saturated rings. The predicted molar refractivity (Wildman–Crippen MR) is 119 cm³/mol. The van der Waals surface area contributed by atoms with Gasteiger partial charge >= 0.3 is 5.97 Å². The maximum absolute atomic E-state index is 12.8. The fourth-order valence-corrected chi connectivity index (χ4v) is 4.01. The van der Waals surface area contributed by atoms with Crippen LogP contribution in [0.4, 0.5) is 11.4 Å². The molecule has 0 radical (unpaired) electrons. The molecule has 0 saturated heterocycles. The van der Waals surface area contributed by atoms with Crippen LogP contribution in [0.2, 0.25) is 5.02 Å². The third-order valence-corrected chi connectivity index (χ3v) is 5.89. The molecule has 3 aromatic rings. The molecule has 0 heterocycles. The number of amides is 2. The number of rotatable bonds is 7. The lowest BCUT2D eigenvalue weighted by atomic mass is 10.1. The van der Waals surface area contributed by atoms with E-state index in [1.165, 1.54) is 60.7 Å². The number of carbonyl (C=O) groups is 3. The molecule has 164 valence electrons. The number of carboxylic acid groups (broad SMARTS) is 1. The number of carbonyl (C=O) groups excluding carboxylic acids is 2. The van der Waals surface area contributed by atoms with Gasteiger partial charge < -0.3 is 16.2 Å². The molecule has 0 bridgehead atoms. The van der Waals surface area contributed by atoms with Gasteiger partial charge in [-0.05, 0) is 60.7 Å². The molecule has 0 aliphatic carbocycles. The lowest BCUT2D eigenvalue weighted by Crippen LogP contribution is -2.19. The Labute approximate surface area is 187 Å². The Morgan fingerprint density at radius 3 is 2.22 bits per heavy atom. The quantitative estimate of drug-likeness (QED) is 0.413. The Kier molecular flexibility index (Phi) is 6.47. The van der Waals surface area contributed by atoms with E-state index in [2.05, 4.69) is 10.0 Å². The maximum atomic E-state index is 12.8. The average molecular weight is 474 g/mol. The number of aromatic carboxylic acids is 1. The van der Waals surface area contributed by atoms with Crippen molar-refractivity contribution in [1.29, 1.82) is 0 Å². The van der Waals surface area contributed by atoms with Crippen LogP contribution in [0, 0.1) is 0 Å². The van der Waals surface area contributed by atoms with E-state index >= 15 is 0 Å². The zero-order valence-corrected chi connectivity index (χ0v) is 17.8. The van der Waals surface area contributed by atoms with Gasteiger partial charge in [0.1, 0.15) is 0 Å². The molecule has 32 heavy (non-hydrogen) atoms. The second-order valence-electron chi connectivity index (χ2n) is 6.52. The highest BCUT2D eigenvalue weighted by Crippen LogP contribution is 2.25. The summed E-state index contributed by atoms with van der Waals surface area (Å²) in [7, 11) is -4.21. The molecule has 3 rings (SSSR count). The summed E-state index contributed by atoms with van der Waals surface area (Å²) in [5.41, 5.74) is 5.43. The minimum atomic E-state index is -4.21. The van der Waals surface area contributed by atoms with Crippen LogP contribution in [0.25, 0.3) is 0 Å². The molecule has 0 saturated carbocycles. The number of primary amides is 1. The molecule has 11 heteroatoms. The number of anilines is 2. The number of nitrogens with one attached hydrogen (secondary N) is 2. The third-order valence-electron chi connectivity index (χ3n) is 4.29. The lowest BCUT2D eigenvalue weighted by Gasteiger charge is -2.14. The Bertz CT molecular complexity index is 1320. The van der Waals surface area contributed by atoms with Crippen molar-refractivity contribution in [2.24, 2.45) is 5.73 Å². The van der Waals surface area contributed by atoms with Crippen molar-refractivity contribution < 1.29 is 27.9 Å². The van der Waals surface area contributed by atoms with E-state index in [9.17, 15) is 22.8 Å². The van der Waals surface area contributed by atoms with Crippen molar-refractivity contribution in [1.82, 2.24) is 0 Å². The fraction of sp³-hybridized carbons (Fsp3) is 0. The summed E-state index contributed by atoms with van der Waals surface area (Å²) in [5, 5.41) is 11.9. The van der Waals surface area contributed by atoms with E-state index in [1.807, 2.05) is 0 Å². The molecule has 0 aromatic heterocycles. The molecule has 9 nitrogen and oxygen atoms in total. The number of hydrogen-bond acceptors (Lipinski definition) is 5. The van der Waals surface area contributed by atoms with Crippen LogP contribution >= 0.6 is 11.6 Å². The molecular formula is C21H16ClN3O6S. The summed E-state index contributed by atoms with van der Waals surface area (Å²) in [4.78, 5) is 34.8. The largest absolute Gasteiger partial charge is 0.478 e. The van der Waals surface area contributed by atoms with Gasteiger partial charge in [-0.1, -0.05) is 17.7 Å². The van der Waals surface area contributed by atoms with Crippen LogP contribution in [0.5, 0.6) is 0 Å². The first kappa shape index (κ1) is 22.8. The zero-order valence-electron chi connectivity index (χ0n) is 16.2. The summed E-state index contributed by atoms with van der Waals surface area (Å²) in [6.45, 7) is 0. The van der Waals surface area contributed by atoms with Crippen LogP contribution in [0.3, 0.4) is 0 Å². The zero-order chi connectivity index (χ0) is 23.5. The number of nitrogens with two attached hydrogens (primary N) is 1. The first-order valence-corrected chi connectivity index (χ1v) is 10.8. The SMILES string of the molecule is NC(=O)c1ccc(NC(=O)c2cc(Cl)ccc2NS(=O)(=O)c2cccc(C(=O)O)c2)cc1. The van der Waals surface area contributed by atoms with Crippen molar-refractivity contribution in [3.8, 4) is 0 Å². The van der Waals surface area contributed by atoms with Gasteiger partial charge in [0, 0.05) is 16.3 Å². The first-order valence-electron chi connectivity index (χ1n) is 8.94. The van der Waals surface area contributed by atoms with Crippen molar-refractivity contribution in [2.75, 3.05) is 10.0 Å². The highest BCUT2D eigenvalue weighted by Gasteiger charge is 2.20. The topological polar surface area (TPSA) is 156 Å². The van der Waals surface area contributed by atoms with Gasteiger partial charge in [-0.3, -0.25) is 14.3 Å². The van der Waals surface area contributed by atoms with Gasteiger partial charge in [-0.15, -0.1) is 0 Å². The Hall–Kier alpha value is -3.89. The number of carboxylic acids is 1. The standard InChI is InChI=1S/C21H16ClN3O6S/c22-14-6-9-18(25-32(30,31)16-3-1-2-13(10-16)21(28)29)17(11-14)20(27)24-15-7-4-12(5-8-15)19(23)26/h1-11,25H,(H2,23,26)(H,24,27)(H,28,29). The minimum absolute atomic E-state index is 0.0682. The molecular weight excluding hydrogens is 458 g/mol. The Morgan fingerprint density at radius 2 is 1.59 bits per heavy atom. The molecule has 0 aliphatic heterocycles. The van der Waals surface area contributed by atoms with E-state index in [4.69, 9.17) is 22.4 Å². The van der Waals surface area contributed by atoms with E-state index in [0.717, 1.165) is 6.07 Å². The second kappa shape index (κ2) is 9.08. The van der Waals surface area contributed by atoms with Crippen molar-refractivity contribution in [3.63, 3.8) is 0 Å². The van der Waals surface area contributed by atoms with Gasteiger partial charge in [0.25, 0.3) is 15.9 Å². The smallest absolute Gasteiger partial charge is 0.335 e. The summed E-state index contributed by atoms with van der Waals surface area (Å²) >= 11 is 5.99. The minimum Gasteiger partial charge on any atom is -0.478 e. The van der Waals surface area contributed by atoms with Gasteiger partial charge in [0.2, 0.25) is 5.91 Å². The van der Waals surface area contributed by atoms with Crippen molar-refractivity contribution in [3.05, 3.63) is 88.4 Å². The van der Waals surface area contributed by atoms with E-state index in [-0.39, 0.29) is 32.3 Å². The lowest BCUT2D eigenvalue weighted by molar-refractivity contribution is 0.0696. The number of hydrogen-bond donors (Lipinski definition) is 4. The van der Waals surface area contributed by atoms with E-state index in [0.29, 0.717) is 5.69 Å².